The molecule has 0 heterocycles. The van der Waals surface area contributed by atoms with E-state index in [1.54, 1.807) is 0 Å². The molecule has 0 aliphatic rings. The van der Waals surface area contributed by atoms with Crippen LogP contribution in [-0.4, -0.2) is 35.0 Å². The van der Waals surface area contributed by atoms with Crippen LogP contribution in [0.4, 0.5) is 0 Å². The second-order valence-electron chi connectivity index (χ2n) is 0.816. The van der Waals surface area contributed by atoms with Gasteiger partial charge in [0.2, 0.25) is 0 Å². The molecule has 0 spiro atoms. The summed E-state index contributed by atoms with van der Waals surface area (Å²) in [5.41, 5.74) is 0. The third-order valence-electron chi connectivity index (χ3n) is 0. The van der Waals surface area contributed by atoms with Crippen molar-refractivity contribution in [1.82, 2.24) is 0 Å². The van der Waals surface area contributed by atoms with Crippen LogP contribution in [0.1, 0.15) is 0 Å². The van der Waals surface area contributed by atoms with Gasteiger partial charge in [-0.1, -0.05) is 0 Å². The molecule has 0 aliphatic carbocycles. The van der Waals surface area contributed by atoms with Gasteiger partial charge in [-0.15, -0.1) is 0 Å². The SMILES string of the molecule is O=S(=O)([O-])[O-].O=S(=O)([O-])[O-].[Cu+2].[Cu+2].[Cu+2].[NH2-].[NH2-]. The third kappa shape index (κ3) is 1790. The Balaban J connectivity index is -0.0000000128. The van der Waals surface area contributed by atoms with Crippen molar-refractivity contribution in [2.24, 2.45) is 0 Å². The smallest absolute Gasteiger partial charge is 0.759 e. The first-order chi connectivity index (χ1) is 4.00. The molecule has 15 heteroatoms. The average molecular weight is 415 g/mol. The van der Waals surface area contributed by atoms with Crippen molar-refractivity contribution in [2.75, 3.05) is 0 Å². The number of nitrogens with two attached hydrogens (primary N) is 2. The van der Waals surface area contributed by atoms with Gasteiger partial charge in [0.1, 0.15) is 0 Å². The van der Waals surface area contributed by atoms with Crippen LogP contribution in [-0.2, 0) is 72.0 Å². The first kappa shape index (κ1) is 44.2. The molecule has 0 saturated heterocycles. The fraction of sp³-hybridized carbons (Fsp3) is 0. The zero-order valence-electron chi connectivity index (χ0n) is 6.14. The molecule has 0 unspecified atom stereocenters. The molecule has 0 fully saturated rings. The molecule has 0 aliphatic heterocycles. The summed E-state index contributed by atoms with van der Waals surface area (Å²) in [4.78, 5) is 0. The van der Waals surface area contributed by atoms with E-state index in [-0.39, 0.29) is 63.5 Å². The molecule has 0 aromatic carbocycles. The first-order valence-electron chi connectivity index (χ1n) is 1.33. The molecular weight excluding hydrogens is 411 g/mol. The van der Waals surface area contributed by atoms with E-state index in [2.05, 4.69) is 0 Å². The van der Waals surface area contributed by atoms with Crippen LogP contribution in [0.5, 0.6) is 0 Å². The maximum absolute atomic E-state index is 8.52. The largest absolute Gasteiger partial charge is 2.00 e. The van der Waals surface area contributed by atoms with Gasteiger partial charge in [-0.3, -0.25) is 16.8 Å². The van der Waals surface area contributed by atoms with Gasteiger partial charge in [0.15, 0.2) is 0 Å². The average Bonchev–Trinajstić information content (AvgIpc) is 1.12. The second-order valence-corrected chi connectivity index (χ2v) is 2.45. The van der Waals surface area contributed by atoms with E-state index in [1.165, 1.54) is 0 Å². The van der Waals surface area contributed by atoms with Crippen molar-refractivity contribution < 1.29 is 86.3 Å². The van der Waals surface area contributed by atoms with Gasteiger partial charge in [0.25, 0.3) is 0 Å². The minimum absolute atomic E-state index is 0. The Morgan fingerprint density at radius 2 is 0.533 bits per heavy atom. The Labute approximate surface area is 119 Å². The van der Waals surface area contributed by atoms with Gasteiger partial charge < -0.3 is 30.5 Å². The predicted octanol–water partition coefficient (Wildman–Crippen LogP) is -1.25. The Morgan fingerprint density at radius 3 is 0.533 bits per heavy atom. The quantitative estimate of drug-likeness (QED) is 0.263. The van der Waals surface area contributed by atoms with Crippen LogP contribution in [0.2, 0.25) is 0 Å². The van der Waals surface area contributed by atoms with Crippen LogP contribution in [0.3, 0.4) is 0 Å². The van der Waals surface area contributed by atoms with E-state index in [0.717, 1.165) is 0 Å². The zero-order valence-corrected chi connectivity index (χ0v) is 10.6. The Hall–Kier alpha value is 1.22. The Morgan fingerprint density at radius 1 is 0.533 bits per heavy atom. The van der Waals surface area contributed by atoms with E-state index in [4.69, 9.17) is 35.0 Å². The molecule has 0 rings (SSSR count). The summed E-state index contributed by atoms with van der Waals surface area (Å²) in [5, 5.41) is 0. The normalized spacial score (nSPS) is 7.73. The van der Waals surface area contributed by atoms with E-state index in [9.17, 15) is 0 Å². The van der Waals surface area contributed by atoms with Crippen LogP contribution < -0.4 is 0 Å². The van der Waals surface area contributed by atoms with Gasteiger partial charge in [-0.25, -0.2) is 0 Å². The fourth-order valence-corrected chi connectivity index (χ4v) is 0. The van der Waals surface area contributed by atoms with Crippen molar-refractivity contribution in [3.05, 3.63) is 12.3 Å². The number of hydrogen-bond acceptors (Lipinski definition) is 8. The van der Waals surface area contributed by atoms with E-state index in [0.29, 0.717) is 0 Å². The molecule has 15 heavy (non-hydrogen) atoms. The second kappa shape index (κ2) is 17.6. The summed E-state index contributed by atoms with van der Waals surface area (Å²) in [5.74, 6) is 0. The molecule has 0 atom stereocenters. The molecule has 4 N–H and O–H groups in total. The van der Waals surface area contributed by atoms with Crippen molar-refractivity contribution in [1.29, 1.82) is 0 Å². The zero-order chi connectivity index (χ0) is 9.00. The molecule has 0 amide bonds. The minimum Gasteiger partial charge on any atom is -0.759 e. The standard InChI is InChI=1S/3Cu.2H2N.2H2O4S/c;;;;;2*1-5(2,3)4/h;;;2*1H2;2*(H2,1,2,3,4)/q3*+2;2*-1;;/p-4. The Kier molecular flexibility index (Phi) is 51.9. The first-order valence-corrected chi connectivity index (χ1v) is 4.00. The molecule has 3 radical (unpaired) electrons. The summed E-state index contributed by atoms with van der Waals surface area (Å²) >= 11 is 0. The molecule has 0 aromatic heterocycles. The topological polar surface area (TPSA) is 228 Å². The molecule has 10 nitrogen and oxygen atoms in total. The minimum atomic E-state index is -5.17. The monoisotopic (exact) mass is 413 g/mol. The van der Waals surface area contributed by atoms with Crippen LogP contribution in [0.25, 0.3) is 12.3 Å². The van der Waals surface area contributed by atoms with Gasteiger partial charge >= 0.3 is 51.2 Å². The van der Waals surface area contributed by atoms with Crippen molar-refractivity contribution >= 4 is 20.8 Å². The molecule has 0 saturated carbocycles. The number of hydrogen-bond donors (Lipinski definition) is 0. The summed E-state index contributed by atoms with van der Waals surface area (Å²) in [7, 11) is -10.3. The molecule has 107 valence electrons. The fourth-order valence-electron chi connectivity index (χ4n) is 0. The number of rotatable bonds is 0. The van der Waals surface area contributed by atoms with E-state index in [1.807, 2.05) is 0 Å². The maximum Gasteiger partial charge on any atom is 2.00 e. The third-order valence-corrected chi connectivity index (χ3v) is 0. The molecular formula is H4Cu3N2O8S2. The van der Waals surface area contributed by atoms with Gasteiger partial charge in [-0.05, 0) is 0 Å². The van der Waals surface area contributed by atoms with Crippen molar-refractivity contribution in [3.8, 4) is 0 Å². The summed E-state index contributed by atoms with van der Waals surface area (Å²) in [6.07, 6.45) is 0. The maximum atomic E-state index is 8.52. The Bertz CT molecular complexity index is 222. The van der Waals surface area contributed by atoms with Crippen LogP contribution >= 0.6 is 0 Å². The molecule has 0 aromatic rings. The van der Waals surface area contributed by atoms with E-state index < -0.39 is 20.8 Å². The van der Waals surface area contributed by atoms with Gasteiger partial charge in [0, 0.05) is 20.8 Å². The van der Waals surface area contributed by atoms with E-state index >= 15 is 0 Å². The summed E-state index contributed by atoms with van der Waals surface area (Å²) < 4.78 is 68.2. The van der Waals surface area contributed by atoms with Crippen molar-refractivity contribution in [2.45, 2.75) is 0 Å². The van der Waals surface area contributed by atoms with Gasteiger partial charge in [-0.2, -0.15) is 0 Å². The predicted molar refractivity (Wildman–Crippen MR) is 31.5 cm³/mol. The van der Waals surface area contributed by atoms with Crippen molar-refractivity contribution in [3.63, 3.8) is 0 Å². The summed E-state index contributed by atoms with van der Waals surface area (Å²) in [6.45, 7) is 0. The van der Waals surface area contributed by atoms with Crippen LogP contribution in [0.15, 0.2) is 0 Å². The van der Waals surface area contributed by atoms with Crippen LogP contribution in [0, 0.1) is 0 Å². The van der Waals surface area contributed by atoms with Gasteiger partial charge in [0.05, 0.1) is 0 Å². The molecule has 0 bridgehead atoms. The summed E-state index contributed by atoms with van der Waals surface area (Å²) in [6, 6.07) is 0.